The summed E-state index contributed by atoms with van der Waals surface area (Å²) in [4.78, 5) is 40.9. The number of nitrogens with two attached hydrogens (primary N) is 1. The Labute approximate surface area is 109 Å². The molecule has 104 valence electrons. The van der Waals surface area contributed by atoms with Gasteiger partial charge >= 0.3 is 5.97 Å². The van der Waals surface area contributed by atoms with Crippen molar-refractivity contribution >= 4 is 30.3 Å². The fraction of sp³-hybridized carbons (Fsp3) is 0.500. The van der Waals surface area contributed by atoms with Crippen molar-refractivity contribution in [3.8, 4) is 0 Å². The van der Waals surface area contributed by atoms with Gasteiger partial charge in [-0.3, -0.25) is 14.6 Å². The van der Waals surface area contributed by atoms with Crippen LogP contribution in [0.25, 0.3) is 0 Å². The summed E-state index contributed by atoms with van der Waals surface area (Å²) in [5.74, 6) is -2.27. The Hall–Kier alpha value is -2.29. The maximum atomic E-state index is 11.5. The molecule has 5 N–H and O–H groups in total. The number of nitrogens with zero attached hydrogens (tertiary/aromatic N) is 2. The number of rotatable bonds is 7. The quantitative estimate of drug-likeness (QED) is 0.403. The maximum Gasteiger partial charge on any atom is 0.326 e. The molecule has 9 nitrogen and oxygen atoms in total. The zero-order valence-corrected chi connectivity index (χ0v) is 10.1. The van der Waals surface area contributed by atoms with Gasteiger partial charge in [0, 0.05) is 12.6 Å². The van der Waals surface area contributed by atoms with Crippen molar-refractivity contribution in [2.45, 2.75) is 18.5 Å². The third-order valence-electron chi connectivity index (χ3n) is 2.32. The summed E-state index contributed by atoms with van der Waals surface area (Å²) in [5, 5.41) is 13.5. The maximum absolute atomic E-state index is 11.5. The zero-order valence-electron chi connectivity index (χ0n) is 10.1. The molecular weight excluding hydrogens is 254 g/mol. The van der Waals surface area contributed by atoms with E-state index in [0.717, 1.165) is 0 Å². The van der Waals surface area contributed by atoms with E-state index in [9.17, 15) is 14.4 Å². The van der Waals surface area contributed by atoms with Crippen LogP contribution in [0.1, 0.15) is 6.42 Å². The van der Waals surface area contributed by atoms with Crippen LogP contribution in [0.15, 0.2) is 9.98 Å². The van der Waals surface area contributed by atoms with E-state index in [4.69, 9.17) is 10.8 Å². The molecule has 9 heteroatoms. The summed E-state index contributed by atoms with van der Waals surface area (Å²) in [6.07, 6.45) is 2.93. The van der Waals surface area contributed by atoms with Gasteiger partial charge in [0.1, 0.15) is 12.4 Å². The number of carbonyl (C=O) groups is 3. The molecule has 1 heterocycles. The highest BCUT2D eigenvalue weighted by Crippen LogP contribution is 2.04. The second-order valence-electron chi connectivity index (χ2n) is 3.80. The number of hydrogen-bond donors (Lipinski definition) is 4. The van der Waals surface area contributed by atoms with Crippen molar-refractivity contribution in [3.63, 3.8) is 0 Å². The van der Waals surface area contributed by atoms with Gasteiger partial charge in [0.05, 0.1) is 19.1 Å². The molecule has 0 fully saturated rings. The van der Waals surface area contributed by atoms with Crippen LogP contribution in [0.5, 0.6) is 0 Å². The van der Waals surface area contributed by atoms with E-state index < -0.39 is 23.8 Å². The first-order valence-corrected chi connectivity index (χ1v) is 5.56. The second kappa shape index (κ2) is 7.21. The standard InChI is InChI=1S/C10H15N5O4/c11-2-8(16)13-4-9(17)15-7(10(18)19)1-6-3-12-5-14-6/h3,5-7H,1-2,4,11H2,(H,13,16)(H,15,17)(H,18,19)/t6-,7+/m0/s1. The average Bonchev–Trinajstić information content (AvgIpc) is 2.87. The molecular formula is C10H15N5O4. The van der Waals surface area contributed by atoms with Gasteiger partial charge in [-0.2, -0.15) is 0 Å². The fourth-order valence-electron chi connectivity index (χ4n) is 1.38. The van der Waals surface area contributed by atoms with E-state index in [1.54, 1.807) is 0 Å². The summed E-state index contributed by atoms with van der Waals surface area (Å²) in [7, 11) is 0. The van der Waals surface area contributed by atoms with E-state index in [1.807, 2.05) is 0 Å². The SMILES string of the molecule is NCC(=O)NCC(=O)N[C@H](C[C@H]1C=NC=N1)C(=O)O. The van der Waals surface area contributed by atoms with Gasteiger partial charge in [-0.1, -0.05) is 0 Å². The monoisotopic (exact) mass is 269 g/mol. The van der Waals surface area contributed by atoms with Gasteiger partial charge in [0.2, 0.25) is 11.8 Å². The second-order valence-corrected chi connectivity index (χ2v) is 3.80. The van der Waals surface area contributed by atoms with Crippen molar-refractivity contribution in [3.05, 3.63) is 0 Å². The predicted octanol–water partition coefficient (Wildman–Crippen LogP) is -2.50. The molecule has 0 spiro atoms. The van der Waals surface area contributed by atoms with Gasteiger partial charge in [0.15, 0.2) is 0 Å². The Morgan fingerprint density at radius 2 is 2.11 bits per heavy atom. The Morgan fingerprint density at radius 3 is 2.63 bits per heavy atom. The number of carboxylic acids is 1. The Balaban J connectivity index is 2.42. The lowest BCUT2D eigenvalue weighted by Gasteiger charge is -2.15. The normalized spacial score (nSPS) is 18.1. The summed E-state index contributed by atoms with van der Waals surface area (Å²) in [6.45, 7) is -0.551. The lowest BCUT2D eigenvalue weighted by Crippen LogP contribution is -2.47. The summed E-state index contributed by atoms with van der Waals surface area (Å²) in [6, 6.07) is -1.45. The third kappa shape index (κ3) is 5.25. The number of nitrogens with one attached hydrogen (secondary N) is 2. The molecule has 0 saturated heterocycles. The Morgan fingerprint density at radius 1 is 1.37 bits per heavy atom. The first-order valence-electron chi connectivity index (χ1n) is 5.56. The first-order chi connectivity index (χ1) is 9.02. The van der Waals surface area contributed by atoms with Crippen LogP contribution in [0.2, 0.25) is 0 Å². The number of aliphatic imine (C=N–C) groups is 2. The minimum atomic E-state index is -1.17. The largest absolute Gasteiger partial charge is 0.480 e. The first kappa shape index (κ1) is 14.8. The van der Waals surface area contributed by atoms with E-state index in [1.165, 1.54) is 12.6 Å². The summed E-state index contributed by atoms with van der Waals surface area (Å²) in [5.41, 5.74) is 5.05. The molecule has 1 rings (SSSR count). The van der Waals surface area contributed by atoms with Crippen molar-refractivity contribution in [2.24, 2.45) is 15.7 Å². The molecule has 0 unspecified atom stereocenters. The number of hydrogen-bond acceptors (Lipinski definition) is 6. The van der Waals surface area contributed by atoms with Crippen LogP contribution in [-0.2, 0) is 14.4 Å². The predicted molar refractivity (Wildman–Crippen MR) is 67.0 cm³/mol. The molecule has 0 aromatic heterocycles. The molecule has 19 heavy (non-hydrogen) atoms. The van der Waals surface area contributed by atoms with Crippen LogP contribution in [0, 0.1) is 0 Å². The Bertz CT molecular complexity index is 408. The van der Waals surface area contributed by atoms with Crippen LogP contribution >= 0.6 is 0 Å². The average molecular weight is 269 g/mol. The van der Waals surface area contributed by atoms with E-state index in [-0.39, 0.29) is 25.6 Å². The van der Waals surface area contributed by atoms with Gasteiger partial charge in [-0.15, -0.1) is 0 Å². The minimum absolute atomic E-state index is 0.103. The number of amides is 2. The molecule has 0 saturated carbocycles. The van der Waals surface area contributed by atoms with Crippen molar-refractivity contribution in [1.82, 2.24) is 10.6 Å². The highest BCUT2D eigenvalue weighted by atomic mass is 16.4. The molecule has 2 atom stereocenters. The zero-order chi connectivity index (χ0) is 14.3. The van der Waals surface area contributed by atoms with Crippen LogP contribution < -0.4 is 16.4 Å². The van der Waals surface area contributed by atoms with Crippen molar-refractivity contribution < 1.29 is 19.5 Å². The minimum Gasteiger partial charge on any atom is -0.480 e. The van der Waals surface area contributed by atoms with Gasteiger partial charge in [0.25, 0.3) is 0 Å². The Kier molecular flexibility index (Phi) is 5.61. The molecule has 1 aliphatic heterocycles. The van der Waals surface area contributed by atoms with E-state index in [0.29, 0.717) is 0 Å². The highest BCUT2D eigenvalue weighted by molar-refractivity contribution is 5.89. The topological polar surface area (TPSA) is 146 Å². The molecule has 2 amide bonds. The van der Waals surface area contributed by atoms with Gasteiger partial charge in [-0.25, -0.2) is 9.79 Å². The van der Waals surface area contributed by atoms with Crippen LogP contribution in [-0.4, -0.2) is 60.6 Å². The lowest BCUT2D eigenvalue weighted by atomic mass is 10.1. The van der Waals surface area contributed by atoms with E-state index >= 15 is 0 Å². The summed E-state index contributed by atoms with van der Waals surface area (Å²) < 4.78 is 0. The smallest absolute Gasteiger partial charge is 0.326 e. The number of carboxylic acid groups (broad SMARTS) is 1. The van der Waals surface area contributed by atoms with Crippen LogP contribution in [0.3, 0.4) is 0 Å². The molecule has 1 aliphatic rings. The van der Waals surface area contributed by atoms with Crippen LogP contribution in [0.4, 0.5) is 0 Å². The third-order valence-corrected chi connectivity index (χ3v) is 2.32. The van der Waals surface area contributed by atoms with Gasteiger partial charge < -0.3 is 21.5 Å². The number of carbonyl (C=O) groups excluding carboxylic acids is 2. The molecule has 0 aromatic rings. The highest BCUT2D eigenvalue weighted by Gasteiger charge is 2.24. The summed E-state index contributed by atoms with van der Waals surface area (Å²) >= 11 is 0. The van der Waals surface area contributed by atoms with Gasteiger partial charge in [-0.05, 0) is 0 Å². The number of aliphatic carboxylic acids is 1. The fourth-order valence-corrected chi connectivity index (χ4v) is 1.38. The van der Waals surface area contributed by atoms with Crippen molar-refractivity contribution in [1.29, 1.82) is 0 Å². The lowest BCUT2D eigenvalue weighted by molar-refractivity contribution is -0.141. The van der Waals surface area contributed by atoms with E-state index in [2.05, 4.69) is 20.6 Å². The molecule has 0 bridgehead atoms. The molecule has 0 radical (unpaired) electrons. The molecule has 0 aliphatic carbocycles. The molecule has 0 aromatic carbocycles. The van der Waals surface area contributed by atoms with Crippen molar-refractivity contribution in [2.75, 3.05) is 13.1 Å².